The molecule has 0 spiro atoms. The first-order chi connectivity index (χ1) is 8.76. The molecule has 1 aliphatic rings. The number of hydrogen-bond acceptors (Lipinski definition) is 5. The van der Waals surface area contributed by atoms with E-state index in [9.17, 15) is 0 Å². The fourth-order valence-electron chi connectivity index (χ4n) is 2.62. The number of methoxy groups -OCH3 is 1. The smallest absolute Gasteiger partial charge is 0.204 e. The van der Waals surface area contributed by atoms with Crippen LogP contribution in [0.3, 0.4) is 0 Å². The first-order valence-electron chi connectivity index (χ1n) is 6.56. The Morgan fingerprint density at radius 3 is 2.72 bits per heavy atom. The van der Waals surface area contributed by atoms with E-state index in [-0.39, 0.29) is 0 Å². The molecule has 0 aromatic carbocycles. The van der Waals surface area contributed by atoms with Gasteiger partial charge in [-0.2, -0.15) is 0 Å². The van der Waals surface area contributed by atoms with Gasteiger partial charge in [0.1, 0.15) is 6.33 Å². The predicted molar refractivity (Wildman–Crippen MR) is 73.1 cm³/mol. The van der Waals surface area contributed by atoms with Gasteiger partial charge in [0.25, 0.3) is 0 Å². The molecule has 5 heteroatoms. The molecular weight excluding hydrogens is 228 g/mol. The minimum atomic E-state index is 0.686. The van der Waals surface area contributed by atoms with Gasteiger partial charge in [0, 0.05) is 13.6 Å². The van der Waals surface area contributed by atoms with Crippen LogP contribution in [-0.2, 0) is 0 Å². The van der Waals surface area contributed by atoms with Gasteiger partial charge in [0.05, 0.1) is 7.11 Å². The van der Waals surface area contributed by atoms with Gasteiger partial charge in [0.15, 0.2) is 11.6 Å². The summed E-state index contributed by atoms with van der Waals surface area (Å²) in [5, 5.41) is 6.40. The molecule has 2 N–H and O–H groups in total. The van der Waals surface area contributed by atoms with Crippen LogP contribution in [0.4, 0.5) is 11.6 Å². The number of rotatable bonds is 5. The molecule has 0 radical (unpaired) electrons. The highest BCUT2D eigenvalue weighted by Gasteiger charge is 2.23. The minimum Gasteiger partial charge on any atom is -0.490 e. The summed E-state index contributed by atoms with van der Waals surface area (Å²) in [5.74, 6) is 3.72. The van der Waals surface area contributed by atoms with E-state index in [0.717, 1.165) is 30.0 Å². The fourth-order valence-corrected chi connectivity index (χ4v) is 2.62. The molecule has 18 heavy (non-hydrogen) atoms. The second-order valence-electron chi connectivity index (χ2n) is 4.90. The SMILES string of the molecule is CNc1ncnc(NCC2CCCC2C)c1OC. The van der Waals surface area contributed by atoms with Crippen LogP contribution in [0.25, 0.3) is 0 Å². The molecule has 1 heterocycles. The van der Waals surface area contributed by atoms with Crippen molar-refractivity contribution in [2.75, 3.05) is 31.3 Å². The lowest BCUT2D eigenvalue weighted by Crippen LogP contribution is -2.17. The van der Waals surface area contributed by atoms with Crippen molar-refractivity contribution in [1.82, 2.24) is 9.97 Å². The van der Waals surface area contributed by atoms with Crippen molar-refractivity contribution < 1.29 is 4.74 Å². The van der Waals surface area contributed by atoms with Gasteiger partial charge in [-0.05, 0) is 18.3 Å². The highest BCUT2D eigenvalue weighted by atomic mass is 16.5. The van der Waals surface area contributed by atoms with Crippen molar-refractivity contribution in [2.45, 2.75) is 26.2 Å². The zero-order valence-electron chi connectivity index (χ0n) is 11.4. The molecular formula is C13H22N4O. The Hall–Kier alpha value is -1.52. The zero-order chi connectivity index (χ0) is 13.0. The highest BCUT2D eigenvalue weighted by Crippen LogP contribution is 2.33. The van der Waals surface area contributed by atoms with Gasteiger partial charge < -0.3 is 15.4 Å². The molecule has 1 aliphatic carbocycles. The largest absolute Gasteiger partial charge is 0.490 e. The second-order valence-corrected chi connectivity index (χ2v) is 4.90. The number of ether oxygens (including phenoxy) is 1. The summed E-state index contributed by atoms with van der Waals surface area (Å²) < 4.78 is 5.36. The molecule has 0 saturated heterocycles. The first kappa shape index (κ1) is 12.9. The molecule has 2 unspecified atom stereocenters. The van der Waals surface area contributed by atoms with Gasteiger partial charge in [-0.1, -0.05) is 19.8 Å². The van der Waals surface area contributed by atoms with E-state index in [0.29, 0.717) is 5.75 Å². The summed E-state index contributed by atoms with van der Waals surface area (Å²) >= 11 is 0. The van der Waals surface area contributed by atoms with Crippen molar-refractivity contribution in [3.63, 3.8) is 0 Å². The third kappa shape index (κ3) is 2.66. The molecule has 0 aliphatic heterocycles. The van der Waals surface area contributed by atoms with E-state index in [1.54, 1.807) is 13.4 Å². The minimum absolute atomic E-state index is 0.686. The average molecular weight is 250 g/mol. The molecule has 2 atom stereocenters. The lowest BCUT2D eigenvalue weighted by Gasteiger charge is -2.18. The monoisotopic (exact) mass is 250 g/mol. The molecule has 1 aromatic heterocycles. The zero-order valence-corrected chi connectivity index (χ0v) is 11.4. The molecule has 5 nitrogen and oxygen atoms in total. The molecule has 1 saturated carbocycles. The summed E-state index contributed by atoms with van der Waals surface area (Å²) in [6.07, 6.45) is 5.54. The summed E-state index contributed by atoms with van der Waals surface area (Å²) in [6, 6.07) is 0. The summed E-state index contributed by atoms with van der Waals surface area (Å²) in [5.41, 5.74) is 0. The van der Waals surface area contributed by atoms with E-state index >= 15 is 0 Å². The second kappa shape index (κ2) is 5.89. The fraction of sp³-hybridized carbons (Fsp3) is 0.692. The Labute approximate surface area is 108 Å². The summed E-state index contributed by atoms with van der Waals surface area (Å²) in [4.78, 5) is 8.39. The third-order valence-electron chi connectivity index (χ3n) is 3.82. The lowest BCUT2D eigenvalue weighted by atomic mass is 9.98. The maximum Gasteiger partial charge on any atom is 0.204 e. The Bertz CT molecular complexity index is 397. The standard InChI is InChI=1S/C13H22N4O/c1-9-5-4-6-10(9)7-15-13-11(18-3)12(14-2)16-8-17-13/h8-10H,4-7H2,1-3H3,(H2,14,15,16,17). The summed E-state index contributed by atoms with van der Waals surface area (Å²) in [7, 11) is 3.47. The van der Waals surface area contributed by atoms with Gasteiger partial charge in [-0.3, -0.25) is 0 Å². The third-order valence-corrected chi connectivity index (χ3v) is 3.82. The van der Waals surface area contributed by atoms with Crippen LogP contribution >= 0.6 is 0 Å². The van der Waals surface area contributed by atoms with Crippen LogP contribution in [0, 0.1) is 11.8 Å². The van der Waals surface area contributed by atoms with Crippen molar-refractivity contribution in [1.29, 1.82) is 0 Å². The van der Waals surface area contributed by atoms with E-state index < -0.39 is 0 Å². The molecule has 100 valence electrons. The van der Waals surface area contributed by atoms with Crippen LogP contribution in [0.2, 0.25) is 0 Å². The molecule has 0 amide bonds. The summed E-state index contributed by atoms with van der Waals surface area (Å²) in [6.45, 7) is 3.28. The number of aromatic nitrogens is 2. The van der Waals surface area contributed by atoms with Gasteiger partial charge >= 0.3 is 0 Å². The van der Waals surface area contributed by atoms with Crippen LogP contribution in [0.1, 0.15) is 26.2 Å². The molecule has 2 rings (SSSR count). The molecule has 1 fully saturated rings. The van der Waals surface area contributed by atoms with E-state index in [1.165, 1.54) is 19.3 Å². The van der Waals surface area contributed by atoms with Crippen molar-refractivity contribution >= 4 is 11.6 Å². The van der Waals surface area contributed by atoms with Crippen molar-refractivity contribution in [2.24, 2.45) is 11.8 Å². The normalized spacial score (nSPS) is 22.8. The number of nitrogens with one attached hydrogen (secondary N) is 2. The Morgan fingerprint density at radius 1 is 1.33 bits per heavy atom. The first-order valence-corrected chi connectivity index (χ1v) is 6.56. The maximum absolute atomic E-state index is 5.36. The quantitative estimate of drug-likeness (QED) is 0.840. The van der Waals surface area contributed by atoms with Gasteiger partial charge in [-0.15, -0.1) is 0 Å². The van der Waals surface area contributed by atoms with Crippen LogP contribution < -0.4 is 15.4 Å². The Kier molecular flexibility index (Phi) is 4.23. The van der Waals surface area contributed by atoms with E-state index in [2.05, 4.69) is 27.5 Å². The van der Waals surface area contributed by atoms with Crippen molar-refractivity contribution in [3.05, 3.63) is 6.33 Å². The average Bonchev–Trinajstić information content (AvgIpc) is 2.81. The molecule has 1 aromatic rings. The Morgan fingerprint density at radius 2 is 2.11 bits per heavy atom. The van der Waals surface area contributed by atoms with E-state index in [4.69, 9.17) is 4.74 Å². The van der Waals surface area contributed by atoms with Crippen molar-refractivity contribution in [3.8, 4) is 5.75 Å². The lowest BCUT2D eigenvalue weighted by molar-refractivity contribution is 0.411. The Balaban J connectivity index is 2.04. The number of hydrogen-bond donors (Lipinski definition) is 2. The van der Waals surface area contributed by atoms with Crippen LogP contribution in [0.15, 0.2) is 6.33 Å². The number of nitrogens with zero attached hydrogens (tertiary/aromatic N) is 2. The van der Waals surface area contributed by atoms with Crippen LogP contribution in [0.5, 0.6) is 5.75 Å². The van der Waals surface area contributed by atoms with Gasteiger partial charge in [0.2, 0.25) is 5.75 Å². The highest BCUT2D eigenvalue weighted by molar-refractivity contribution is 5.63. The van der Waals surface area contributed by atoms with Gasteiger partial charge in [-0.25, -0.2) is 9.97 Å². The van der Waals surface area contributed by atoms with E-state index in [1.807, 2.05) is 7.05 Å². The topological polar surface area (TPSA) is 59.1 Å². The maximum atomic E-state index is 5.36. The van der Waals surface area contributed by atoms with Crippen LogP contribution in [-0.4, -0.2) is 30.7 Å². The molecule has 0 bridgehead atoms. The number of anilines is 2. The predicted octanol–water partition coefficient (Wildman–Crippen LogP) is 2.38.